The summed E-state index contributed by atoms with van der Waals surface area (Å²) in [7, 11) is 1.51. The molecule has 0 aliphatic carbocycles. The molecule has 2 atom stereocenters. The van der Waals surface area contributed by atoms with E-state index in [0.717, 1.165) is 19.4 Å². The SMILES string of the molecule is COc1cc(C(=O)N2CCCC(C(C)N)C2)ccc1OCC(=O)NC(C)C. The highest BCUT2D eigenvalue weighted by Crippen LogP contribution is 2.29. The molecule has 27 heavy (non-hydrogen) atoms. The second-order valence-corrected chi connectivity index (χ2v) is 7.39. The summed E-state index contributed by atoms with van der Waals surface area (Å²) in [4.78, 5) is 26.5. The lowest BCUT2D eigenvalue weighted by Crippen LogP contribution is -2.45. The molecule has 0 aromatic heterocycles. The Hall–Kier alpha value is -2.28. The van der Waals surface area contributed by atoms with Gasteiger partial charge in [-0.15, -0.1) is 0 Å². The van der Waals surface area contributed by atoms with Crippen molar-refractivity contribution in [2.24, 2.45) is 11.7 Å². The van der Waals surface area contributed by atoms with Gasteiger partial charge in [0.05, 0.1) is 7.11 Å². The van der Waals surface area contributed by atoms with Gasteiger partial charge in [0, 0.05) is 30.7 Å². The number of ether oxygens (including phenoxy) is 2. The highest BCUT2D eigenvalue weighted by atomic mass is 16.5. The summed E-state index contributed by atoms with van der Waals surface area (Å²) in [6, 6.07) is 5.15. The van der Waals surface area contributed by atoms with Crippen LogP contribution in [0.15, 0.2) is 18.2 Å². The molecule has 0 saturated carbocycles. The summed E-state index contributed by atoms with van der Waals surface area (Å²) in [5.41, 5.74) is 6.55. The van der Waals surface area contributed by atoms with Crippen LogP contribution in [0.4, 0.5) is 0 Å². The number of carbonyl (C=O) groups excluding carboxylic acids is 2. The number of hydrogen-bond acceptors (Lipinski definition) is 5. The van der Waals surface area contributed by atoms with Crippen LogP contribution in [0.1, 0.15) is 44.0 Å². The quantitative estimate of drug-likeness (QED) is 0.756. The number of amides is 2. The highest BCUT2D eigenvalue weighted by Gasteiger charge is 2.27. The molecule has 1 saturated heterocycles. The van der Waals surface area contributed by atoms with Gasteiger partial charge in [0.1, 0.15) is 0 Å². The van der Waals surface area contributed by atoms with Gasteiger partial charge in [-0.3, -0.25) is 9.59 Å². The number of methoxy groups -OCH3 is 1. The van der Waals surface area contributed by atoms with Crippen LogP contribution in [0.25, 0.3) is 0 Å². The summed E-state index contributed by atoms with van der Waals surface area (Å²) in [6.45, 7) is 7.06. The first kappa shape index (κ1) is 21.0. The average Bonchev–Trinajstić information content (AvgIpc) is 2.65. The molecule has 1 aromatic rings. The summed E-state index contributed by atoms with van der Waals surface area (Å²) < 4.78 is 10.9. The number of likely N-dealkylation sites (tertiary alicyclic amines) is 1. The average molecular weight is 377 g/mol. The number of rotatable bonds is 7. The lowest BCUT2D eigenvalue weighted by Gasteiger charge is -2.34. The molecule has 1 fully saturated rings. The first-order valence-corrected chi connectivity index (χ1v) is 9.46. The molecule has 0 radical (unpaired) electrons. The van der Waals surface area contributed by atoms with E-state index >= 15 is 0 Å². The summed E-state index contributed by atoms with van der Waals surface area (Å²) in [5.74, 6) is 0.941. The molecule has 3 N–H and O–H groups in total. The number of carbonyl (C=O) groups is 2. The zero-order valence-corrected chi connectivity index (χ0v) is 16.7. The van der Waals surface area contributed by atoms with Crippen LogP contribution >= 0.6 is 0 Å². The van der Waals surface area contributed by atoms with Crippen LogP contribution in [-0.4, -0.2) is 55.6 Å². The molecule has 2 rings (SSSR count). The number of nitrogens with one attached hydrogen (secondary N) is 1. The second kappa shape index (κ2) is 9.60. The molecule has 0 bridgehead atoms. The van der Waals surface area contributed by atoms with Gasteiger partial charge >= 0.3 is 0 Å². The monoisotopic (exact) mass is 377 g/mol. The van der Waals surface area contributed by atoms with Gasteiger partial charge in [0.15, 0.2) is 18.1 Å². The van der Waals surface area contributed by atoms with Gasteiger partial charge in [-0.1, -0.05) is 0 Å². The van der Waals surface area contributed by atoms with E-state index in [-0.39, 0.29) is 30.5 Å². The number of piperidine rings is 1. The van der Waals surface area contributed by atoms with Crippen molar-refractivity contribution < 1.29 is 19.1 Å². The van der Waals surface area contributed by atoms with Crippen LogP contribution in [0, 0.1) is 5.92 Å². The van der Waals surface area contributed by atoms with E-state index in [1.807, 2.05) is 25.7 Å². The molecule has 1 aromatic carbocycles. The van der Waals surface area contributed by atoms with Gasteiger partial charge < -0.3 is 25.4 Å². The number of hydrogen-bond donors (Lipinski definition) is 2. The number of benzene rings is 1. The number of nitrogens with two attached hydrogens (primary N) is 1. The maximum absolute atomic E-state index is 12.9. The first-order valence-electron chi connectivity index (χ1n) is 9.46. The number of nitrogens with zero attached hydrogens (tertiary/aromatic N) is 1. The Labute approximate surface area is 161 Å². The zero-order valence-electron chi connectivity index (χ0n) is 16.7. The van der Waals surface area contributed by atoms with Crippen LogP contribution in [0.5, 0.6) is 11.5 Å². The Bertz CT molecular complexity index is 661. The van der Waals surface area contributed by atoms with Gasteiger partial charge in [-0.25, -0.2) is 0 Å². The smallest absolute Gasteiger partial charge is 0.258 e. The van der Waals surface area contributed by atoms with Crippen molar-refractivity contribution in [3.8, 4) is 11.5 Å². The fourth-order valence-electron chi connectivity index (χ4n) is 3.23. The molecule has 1 aliphatic rings. The largest absolute Gasteiger partial charge is 0.493 e. The van der Waals surface area contributed by atoms with Crippen molar-refractivity contribution in [2.45, 2.75) is 45.7 Å². The molecule has 2 unspecified atom stereocenters. The molecule has 7 heteroatoms. The lowest BCUT2D eigenvalue weighted by atomic mass is 9.92. The molecular formula is C20H31N3O4. The fraction of sp³-hybridized carbons (Fsp3) is 0.600. The Morgan fingerprint density at radius 1 is 1.30 bits per heavy atom. The van der Waals surface area contributed by atoms with Gasteiger partial charge in [0.25, 0.3) is 11.8 Å². The van der Waals surface area contributed by atoms with Gasteiger partial charge in [-0.2, -0.15) is 0 Å². The minimum atomic E-state index is -0.206. The Kier molecular flexibility index (Phi) is 7.47. The third-order valence-electron chi connectivity index (χ3n) is 4.71. The minimum Gasteiger partial charge on any atom is -0.493 e. The third kappa shape index (κ3) is 5.85. The van der Waals surface area contributed by atoms with E-state index in [2.05, 4.69) is 5.32 Å². The fourth-order valence-corrected chi connectivity index (χ4v) is 3.23. The molecule has 7 nitrogen and oxygen atoms in total. The molecule has 1 aliphatic heterocycles. The highest BCUT2D eigenvalue weighted by molar-refractivity contribution is 5.95. The maximum Gasteiger partial charge on any atom is 0.258 e. The van der Waals surface area contributed by atoms with E-state index in [0.29, 0.717) is 29.5 Å². The Balaban J connectivity index is 2.06. The second-order valence-electron chi connectivity index (χ2n) is 7.39. The summed E-state index contributed by atoms with van der Waals surface area (Å²) in [5, 5.41) is 2.76. The van der Waals surface area contributed by atoms with Gasteiger partial charge in [-0.05, 0) is 57.7 Å². The molecule has 150 valence electrons. The molecule has 1 heterocycles. The van der Waals surface area contributed by atoms with E-state index in [1.54, 1.807) is 18.2 Å². The topological polar surface area (TPSA) is 93.9 Å². The molecule has 0 spiro atoms. The van der Waals surface area contributed by atoms with Crippen molar-refractivity contribution in [1.29, 1.82) is 0 Å². The molecule has 2 amide bonds. The van der Waals surface area contributed by atoms with E-state index in [4.69, 9.17) is 15.2 Å². The molecular weight excluding hydrogens is 346 g/mol. The van der Waals surface area contributed by atoms with E-state index < -0.39 is 0 Å². The predicted octanol–water partition coefficient (Wildman–Crippen LogP) is 1.80. The summed E-state index contributed by atoms with van der Waals surface area (Å²) >= 11 is 0. The Morgan fingerprint density at radius 2 is 2.04 bits per heavy atom. The van der Waals surface area contributed by atoms with Crippen LogP contribution in [-0.2, 0) is 4.79 Å². The van der Waals surface area contributed by atoms with Crippen molar-refractivity contribution in [3.63, 3.8) is 0 Å². The summed E-state index contributed by atoms with van der Waals surface area (Å²) in [6.07, 6.45) is 2.01. The van der Waals surface area contributed by atoms with Gasteiger partial charge in [0.2, 0.25) is 0 Å². The van der Waals surface area contributed by atoms with Crippen LogP contribution in [0.3, 0.4) is 0 Å². The van der Waals surface area contributed by atoms with Crippen molar-refractivity contribution >= 4 is 11.8 Å². The minimum absolute atomic E-state index is 0.0391. The van der Waals surface area contributed by atoms with Crippen molar-refractivity contribution in [1.82, 2.24) is 10.2 Å². The van der Waals surface area contributed by atoms with E-state index in [1.165, 1.54) is 7.11 Å². The lowest BCUT2D eigenvalue weighted by molar-refractivity contribution is -0.123. The predicted molar refractivity (Wildman–Crippen MR) is 104 cm³/mol. The normalized spacial score (nSPS) is 18.1. The van der Waals surface area contributed by atoms with E-state index in [9.17, 15) is 9.59 Å². The first-order chi connectivity index (χ1) is 12.8. The third-order valence-corrected chi connectivity index (χ3v) is 4.71. The zero-order chi connectivity index (χ0) is 20.0. The standard InChI is InChI=1S/C20H31N3O4/c1-13(2)22-19(24)12-27-17-8-7-15(10-18(17)26-4)20(25)23-9-5-6-16(11-23)14(3)21/h7-8,10,13-14,16H,5-6,9,11-12,21H2,1-4H3,(H,22,24). The van der Waals surface area contributed by atoms with Crippen molar-refractivity contribution in [2.75, 3.05) is 26.8 Å². The van der Waals surface area contributed by atoms with Crippen molar-refractivity contribution in [3.05, 3.63) is 23.8 Å². The maximum atomic E-state index is 12.9. The Morgan fingerprint density at radius 3 is 2.67 bits per heavy atom. The van der Waals surface area contributed by atoms with Crippen LogP contribution in [0.2, 0.25) is 0 Å². The van der Waals surface area contributed by atoms with Crippen LogP contribution < -0.4 is 20.5 Å².